The third kappa shape index (κ3) is 3.37. The van der Waals surface area contributed by atoms with E-state index in [1.165, 1.54) is 12.6 Å². The molecule has 0 bridgehead atoms. The van der Waals surface area contributed by atoms with E-state index < -0.39 is 0 Å². The second-order valence-corrected chi connectivity index (χ2v) is 3.44. The van der Waals surface area contributed by atoms with Crippen molar-refractivity contribution < 1.29 is 9.32 Å². The summed E-state index contributed by atoms with van der Waals surface area (Å²) in [5, 5.41) is 6.22. The highest BCUT2D eigenvalue weighted by molar-refractivity contribution is 5.94. The van der Waals surface area contributed by atoms with Gasteiger partial charge in [0.2, 0.25) is 6.39 Å². The molecule has 0 aliphatic carbocycles. The minimum Gasteiger partial charge on any atom is -0.343 e. The van der Waals surface area contributed by atoms with Crippen molar-refractivity contribution in [2.75, 3.05) is 6.54 Å². The number of nitrogens with two attached hydrogens (primary N) is 1. The van der Waals surface area contributed by atoms with Gasteiger partial charge in [-0.3, -0.25) is 4.79 Å². The highest BCUT2D eigenvalue weighted by Crippen LogP contribution is 2.03. The maximum Gasteiger partial charge on any atom is 0.271 e. The molecule has 2 rings (SSSR count). The van der Waals surface area contributed by atoms with Crippen LogP contribution >= 0.6 is 0 Å². The minimum atomic E-state index is -0.355. The van der Waals surface area contributed by atoms with Gasteiger partial charge in [0.1, 0.15) is 5.69 Å². The maximum atomic E-state index is 12.0. The number of hydrogen-bond acceptors (Lipinski definition) is 6. The van der Waals surface area contributed by atoms with Gasteiger partial charge in [0.05, 0.1) is 18.7 Å². The fourth-order valence-corrected chi connectivity index (χ4v) is 1.35. The van der Waals surface area contributed by atoms with Gasteiger partial charge in [0.25, 0.3) is 5.91 Å². The van der Waals surface area contributed by atoms with E-state index in [4.69, 9.17) is 5.73 Å². The third-order valence-electron chi connectivity index (χ3n) is 2.16. The summed E-state index contributed by atoms with van der Waals surface area (Å²) >= 11 is 0. The van der Waals surface area contributed by atoms with Crippen molar-refractivity contribution in [3.05, 3.63) is 41.8 Å². The Bertz CT molecular complexity index is 613. The first kappa shape index (κ1) is 12.7. The second-order valence-electron chi connectivity index (χ2n) is 3.44. The van der Waals surface area contributed by atoms with Crippen LogP contribution in [0.4, 0.5) is 0 Å². The zero-order valence-corrected chi connectivity index (χ0v) is 9.96. The van der Waals surface area contributed by atoms with Gasteiger partial charge < -0.3 is 15.6 Å². The number of aromatic nitrogens is 3. The van der Waals surface area contributed by atoms with Crippen LogP contribution in [0.15, 0.2) is 29.2 Å². The SMILES string of the molecule is NCC#Cc1cccnc1C(=O)NCc1ncon1. The first-order valence-electron chi connectivity index (χ1n) is 5.48. The molecule has 0 aromatic carbocycles. The Morgan fingerprint density at radius 2 is 2.37 bits per heavy atom. The second kappa shape index (κ2) is 6.28. The average Bonchev–Trinajstić information content (AvgIpc) is 2.96. The van der Waals surface area contributed by atoms with Crippen LogP contribution in [0.2, 0.25) is 0 Å². The third-order valence-corrected chi connectivity index (χ3v) is 2.16. The van der Waals surface area contributed by atoms with Crippen LogP contribution in [0.3, 0.4) is 0 Å². The number of nitrogens with zero attached hydrogens (tertiary/aromatic N) is 3. The number of amides is 1. The lowest BCUT2D eigenvalue weighted by Gasteiger charge is -2.03. The zero-order valence-electron chi connectivity index (χ0n) is 9.96. The van der Waals surface area contributed by atoms with Crippen LogP contribution in [-0.4, -0.2) is 27.6 Å². The number of pyridine rings is 1. The molecule has 19 heavy (non-hydrogen) atoms. The number of carbonyl (C=O) groups is 1. The number of carbonyl (C=O) groups excluding carboxylic acids is 1. The summed E-state index contributed by atoms with van der Waals surface area (Å²) in [5.41, 5.74) is 6.07. The van der Waals surface area contributed by atoms with Gasteiger partial charge in [-0.2, -0.15) is 4.98 Å². The zero-order chi connectivity index (χ0) is 13.5. The van der Waals surface area contributed by atoms with E-state index in [0.29, 0.717) is 11.4 Å². The molecule has 0 radical (unpaired) electrons. The molecule has 3 N–H and O–H groups in total. The summed E-state index contributed by atoms with van der Waals surface area (Å²) in [6.07, 6.45) is 2.72. The van der Waals surface area contributed by atoms with Crippen LogP contribution in [0, 0.1) is 11.8 Å². The van der Waals surface area contributed by atoms with Gasteiger partial charge in [0.15, 0.2) is 5.82 Å². The predicted octanol–water partition coefficient (Wildman–Crippen LogP) is -0.295. The average molecular weight is 257 g/mol. The van der Waals surface area contributed by atoms with Gasteiger partial charge in [-0.25, -0.2) is 4.98 Å². The molecule has 0 saturated heterocycles. The van der Waals surface area contributed by atoms with E-state index in [2.05, 4.69) is 36.8 Å². The molecule has 0 atom stereocenters. The molecule has 2 heterocycles. The van der Waals surface area contributed by atoms with Crippen molar-refractivity contribution in [1.82, 2.24) is 20.4 Å². The summed E-state index contributed by atoms with van der Waals surface area (Å²) in [4.78, 5) is 19.8. The van der Waals surface area contributed by atoms with Crippen molar-refractivity contribution in [2.45, 2.75) is 6.54 Å². The quantitative estimate of drug-likeness (QED) is 0.731. The van der Waals surface area contributed by atoms with Crippen LogP contribution in [0.25, 0.3) is 0 Å². The molecule has 1 amide bonds. The van der Waals surface area contributed by atoms with E-state index in [1.54, 1.807) is 12.1 Å². The summed E-state index contributed by atoms with van der Waals surface area (Å²) in [6, 6.07) is 3.41. The first-order valence-corrected chi connectivity index (χ1v) is 5.48. The van der Waals surface area contributed by atoms with Gasteiger partial charge in [-0.1, -0.05) is 17.0 Å². The number of nitrogens with one attached hydrogen (secondary N) is 1. The van der Waals surface area contributed by atoms with Crippen molar-refractivity contribution in [3.63, 3.8) is 0 Å². The van der Waals surface area contributed by atoms with E-state index in [0.717, 1.165) is 0 Å². The Morgan fingerprint density at radius 3 is 3.11 bits per heavy atom. The molecule has 7 heteroatoms. The molecule has 0 spiro atoms. The largest absolute Gasteiger partial charge is 0.343 e. The van der Waals surface area contributed by atoms with Crippen molar-refractivity contribution in [3.8, 4) is 11.8 Å². The Balaban J connectivity index is 2.10. The van der Waals surface area contributed by atoms with Crippen molar-refractivity contribution in [1.29, 1.82) is 0 Å². The van der Waals surface area contributed by atoms with Crippen molar-refractivity contribution in [2.24, 2.45) is 5.73 Å². The topological polar surface area (TPSA) is 107 Å². The first-order chi connectivity index (χ1) is 9.31. The fourth-order valence-electron chi connectivity index (χ4n) is 1.35. The molecule has 0 saturated carbocycles. The Morgan fingerprint density at radius 1 is 1.47 bits per heavy atom. The lowest BCUT2D eigenvalue weighted by Crippen LogP contribution is -2.25. The minimum absolute atomic E-state index is 0.162. The molecule has 0 aliphatic rings. The molecule has 0 unspecified atom stereocenters. The predicted molar refractivity (Wildman–Crippen MR) is 65.6 cm³/mol. The summed E-state index contributed by atoms with van der Waals surface area (Å²) in [5.74, 6) is 5.52. The number of hydrogen-bond donors (Lipinski definition) is 2. The van der Waals surface area contributed by atoms with Gasteiger partial charge >= 0.3 is 0 Å². The highest BCUT2D eigenvalue weighted by atomic mass is 16.5. The lowest BCUT2D eigenvalue weighted by molar-refractivity contribution is 0.0944. The highest BCUT2D eigenvalue weighted by Gasteiger charge is 2.11. The Hall–Kier alpha value is -2.72. The van der Waals surface area contributed by atoms with Gasteiger partial charge in [-0.05, 0) is 12.1 Å². The smallest absolute Gasteiger partial charge is 0.271 e. The van der Waals surface area contributed by atoms with E-state index in [1.807, 2.05) is 0 Å². The van der Waals surface area contributed by atoms with Crippen LogP contribution < -0.4 is 11.1 Å². The Labute approximate surface area is 109 Å². The van der Waals surface area contributed by atoms with E-state index in [9.17, 15) is 4.79 Å². The van der Waals surface area contributed by atoms with Gasteiger partial charge in [0, 0.05) is 6.20 Å². The monoisotopic (exact) mass is 257 g/mol. The molecule has 2 aromatic rings. The van der Waals surface area contributed by atoms with Gasteiger partial charge in [-0.15, -0.1) is 0 Å². The van der Waals surface area contributed by atoms with E-state index >= 15 is 0 Å². The normalized spacial score (nSPS) is 9.53. The van der Waals surface area contributed by atoms with Crippen LogP contribution in [-0.2, 0) is 6.54 Å². The summed E-state index contributed by atoms with van der Waals surface area (Å²) in [7, 11) is 0. The standard InChI is InChI=1S/C12H11N5O2/c13-5-1-3-9-4-2-6-14-11(9)12(18)15-7-10-16-8-19-17-10/h2,4,6,8H,5,7,13H2,(H,15,18). The molecular formula is C12H11N5O2. The lowest BCUT2D eigenvalue weighted by atomic mass is 10.2. The Kier molecular flexibility index (Phi) is 4.21. The van der Waals surface area contributed by atoms with Crippen LogP contribution in [0.1, 0.15) is 21.9 Å². The van der Waals surface area contributed by atoms with Crippen molar-refractivity contribution >= 4 is 5.91 Å². The summed E-state index contributed by atoms with van der Waals surface area (Å²) < 4.78 is 4.57. The number of rotatable bonds is 3. The molecule has 0 fully saturated rings. The maximum absolute atomic E-state index is 12.0. The molecular weight excluding hydrogens is 246 g/mol. The molecule has 2 aromatic heterocycles. The van der Waals surface area contributed by atoms with E-state index in [-0.39, 0.29) is 24.7 Å². The fraction of sp³-hybridized carbons (Fsp3) is 0.167. The van der Waals surface area contributed by atoms with Crippen LogP contribution in [0.5, 0.6) is 0 Å². The summed E-state index contributed by atoms with van der Waals surface area (Å²) in [6.45, 7) is 0.383. The molecule has 96 valence electrons. The molecule has 0 aliphatic heterocycles. The molecule has 7 nitrogen and oxygen atoms in total.